The molecule has 1 aromatic carbocycles. The monoisotopic (exact) mass is 573 g/mol. The van der Waals surface area contributed by atoms with Crippen molar-refractivity contribution in [2.75, 3.05) is 13.7 Å². The van der Waals surface area contributed by atoms with Crippen LogP contribution < -0.4 is 4.84 Å². The van der Waals surface area contributed by atoms with Crippen molar-refractivity contribution in [1.29, 1.82) is 0 Å². The summed E-state index contributed by atoms with van der Waals surface area (Å²) in [7, 11) is 0.172. The Morgan fingerprint density at radius 1 is 1.19 bits per heavy atom. The number of esters is 1. The van der Waals surface area contributed by atoms with E-state index in [-0.39, 0.29) is 6.61 Å². The molecule has 2 heterocycles. The molecule has 0 amide bonds. The predicted molar refractivity (Wildman–Crippen MR) is 131 cm³/mol. The molecule has 7 nitrogen and oxygen atoms in total. The van der Waals surface area contributed by atoms with Crippen molar-refractivity contribution in [1.82, 2.24) is 14.7 Å². The van der Waals surface area contributed by atoms with Gasteiger partial charge in [-0.25, -0.2) is 14.8 Å². The highest BCUT2D eigenvalue weighted by Gasteiger charge is 2.17. The molecule has 0 aliphatic heterocycles. The summed E-state index contributed by atoms with van der Waals surface area (Å²) < 4.78 is 13.0. The first kappa shape index (κ1) is 24.0. The van der Waals surface area contributed by atoms with Crippen LogP contribution in [0.4, 0.5) is 0 Å². The minimum atomic E-state index is -1.18. The van der Waals surface area contributed by atoms with Crippen LogP contribution in [0, 0.1) is 3.70 Å². The van der Waals surface area contributed by atoms with Gasteiger partial charge in [0, 0.05) is 14.7 Å². The number of nitrogens with zero attached hydrogens (tertiary/aromatic N) is 3. The molecule has 0 bridgehead atoms. The van der Waals surface area contributed by atoms with Gasteiger partial charge in [-0.1, -0.05) is 43.4 Å². The third kappa shape index (κ3) is 6.40. The van der Waals surface area contributed by atoms with E-state index < -0.39 is 14.0 Å². The molecule has 10 heteroatoms. The van der Waals surface area contributed by atoms with E-state index in [0.29, 0.717) is 44.5 Å². The molecular formula is C21H25ClIN3O4Si. The number of fused-ring (bicyclic) bond motifs is 1. The van der Waals surface area contributed by atoms with Gasteiger partial charge in [0.05, 0.1) is 17.7 Å². The van der Waals surface area contributed by atoms with Crippen LogP contribution in [-0.4, -0.2) is 42.5 Å². The predicted octanol–water partition coefficient (Wildman–Crippen LogP) is 4.96. The summed E-state index contributed by atoms with van der Waals surface area (Å²) >= 11 is 8.37. The van der Waals surface area contributed by atoms with Gasteiger partial charge in [-0.15, -0.1) is 0 Å². The number of carbonyl (C=O) groups is 1. The lowest BCUT2D eigenvalue weighted by atomic mass is 10.1. The van der Waals surface area contributed by atoms with Crippen LogP contribution >= 0.6 is 34.2 Å². The lowest BCUT2D eigenvalue weighted by Gasteiger charge is -2.16. The maximum absolute atomic E-state index is 11.8. The van der Waals surface area contributed by atoms with Gasteiger partial charge in [0.25, 0.3) is 0 Å². The van der Waals surface area contributed by atoms with Gasteiger partial charge >= 0.3 is 5.97 Å². The maximum atomic E-state index is 11.8. The van der Waals surface area contributed by atoms with Crippen molar-refractivity contribution in [3.05, 3.63) is 56.0 Å². The summed E-state index contributed by atoms with van der Waals surface area (Å²) in [6.45, 7) is 8.13. The van der Waals surface area contributed by atoms with Crippen molar-refractivity contribution in [3.8, 4) is 0 Å². The average Bonchev–Trinajstić information content (AvgIpc) is 3.05. The fourth-order valence-electron chi connectivity index (χ4n) is 2.81. The number of halogens is 2. The normalized spacial score (nSPS) is 11.7. The third-order valence-corrected chi connectivity index (χ3v) is 7.65. The molecule has 0 atom stereocenters. The van der Waals surface area contributed by atoms with Crippen LogP contribution in [0.15, 0.2) is 30.3 Å². The van der Waals surface area contributed by atoms with Gasteiger partial charge in [0.1, 0.15) is 22.4 Å². The van der Waals surface area contributed by atoms with Crippen molar-refractivity contribution in [2.45, 2.75) is 38.9 Å². The first-order valence-corrected chi connectivity index (χ1v) is 15.0. The first-order valence-electron chi connectivity index (χ1n) is 9.79. The lowest BCUT2D eigenvalue weighted by Crippen LogP contribution is -2.22. The number of hydrogen-bond acceptors (Lipinski definition) is 6. The first-order chi connectivity index (χ1) is 14.7. The molecular weight excluding hydrogens is 549 g/mol. The zero-order chi connectivity index (χ0) is 22.6. The molecule has 3 aromatic rings. The second-order valence-corrected chi connectivity index (χ2v) is 15.3. The highest BCUT2D eigenvalue weighted by atomic mass is 127. The van der Waals surface area contributed by atoms with E-state index in [9.17, 15) is 4.79 Å². The van der Waals surface area contributed by atoms with Crippen LogP contribution in [-0.2, 0) is 22.7 Å². The Morgan fingerprint density at radius 2 is 1.97 bits per heavy atom. The Bertz CT molecular complexity index is 1080. The molecule has 3 rings (SSSR count). The molecule has 31 heavy (non-hydrogen) atoms. The number of benzene rings is 1. The highest BCUT2D eigenvalue weighted by Crippen LogP contribution is 2.23. The highest BCUT2D eigenvalue weighted by molar-refractivity contribution is 14.1. The van der Waals surface area contributed by atoms with Crippen LogP contribution in [0.1, 0.15) is 21.7 Å². The molecule has 0 unspecified atom stereocenters. The summed E-state index contributed by atoms with van der Waals surface area (Å²) in [5, 5.41) is 0.525. The summed E-state index contributed by atoms with van der Waals surface area (Å²) in [6.07, 6.45) is 0. The van der Waals surface area contributed by atoms with Crippen molar-refractivity contribution in [2.24, 2.45) is 0 Å². The summed E-state index contributed by atoms with van der Waals surface area (Å²) in [4.78, 5) is 26.9. The average molecular weight is 574 g/mol. The molecule has 0 aliphatic rings. The minimum absolute atomic E-state index is 0.224. The van der Waals surface area contributed by atoms with E-state index in [2.05, 4.69) is 52.2 Å². The Kier molecular flexibility index (Phi) is 7.95. The van der Waals surface area contributed by atoms with Gasteiger partial charge in [0.15, 0.2) is 11.5 Å². The van der Waals surface area contributed by atoms with E-state index in [4.69, 9.17) is 25.9 Å². The second kappa shape index (κ2) is 10.3. The number of methoxy groups -OCH3 is 1. The molecule has 0 saturated heterocycles. The number of hydrogen-bond donors (Lipinski definition) is 0. The van der Waals surface area contributed by atoms with Gasteiger partial charge in [0.2, 0.25) is 0 Å². The van der Waals surface area contributed by atoms with Gasteiger partial charge < -0.3 is 14.3 Å². The summed E-state index contributed by atoms with van der Waals surface area (Å²) in [5.41, 5.74) is 2.49. The van der Waals surface area contributed by atoms with Crippen LogP contribution in [0.2, 0.25) is 30.7 Å². The van der Waals surface area contributed by atoms with Crippen molar-refractivity contribution < 1.29 is 19.1 Å². The van der Waals surface area contributed by atoms with Gasteiger partial charge in [-0.3, -0.25) is 0 Å². The third-order valence-electron chi connectivity index (χ3n) is 4.52. The Hall–Kier alpha value is -1.69. The van der Waals surface area contributed by atoms with E-state index in [1.165, 1.54) is 7.11 Å². The molecule has 0 spiro atoms. The SMILES string of the molecule is COC(=O)c1cccc(COn2c(COCC[Si](C)(C)C)nc3nc(I)c(Cl)cc32)c1. The van der Waals surface area contributed by atoms with Gasteiger partial charge in [-0.2, -0.15) is 4.73 Å². The molecule has 0 radical (unpaired) electrons. The molecule has 0 saturated carbocycles. The van der Waals surface area contributed by atoms with Crippen molar-refractivity contribution >= 4 is 59.4 Å². The Labute approximate surface area is 201 Å². The molecule has 2 aromatic heterocycles. The molecule has 0 aliphatic carbocycles. The minimum Gasteiger partial charge on any atom is -0.465 e. The van der Waals surface area contributed by atoms with E-state index in [1.54, 1.807) is 29.0 Å². The largest absolute Gasteiger partial charge is 0.465 e. The molecule has 166 valence electrons. The maximum Gasteiger partial charge on any atom is 0.337 e. The fraction of sp³-hybridized carbons (Fsp3) is 0.381. The number of aromatic nitrogens is 3. The Morgan fingerprint density at radius 3 is 2.68 bits per heavy atom. The number of carbonyl (C=O) groups excluding carboxylic acids is 1. The quantitative estimate of drug-likeness (QED) is 0.118. The van der Waals surface area contributed by atoms with E-state index in [1.807, 2.05) is 6.07 Å². The fourth-order valence-corrected chi connectivity index (χ4v) is 4.09. The smallest absolute Gasteiger partial charge is 0.337 e. The van der Waals surface area contributed by atoms with Crippen LogP contribution in [0.5, 0.6) is 0 Å². The topological polar surface area (TPSA) is 75.5 Å². The Balaban J connectivity index is 1.83. The van der Waals surface area contributed by atoms with E-state index >= 15 is 0 Å². The standard InChI is InChI=1S/C21H25ClIN3O4Si/c1-28-21(27)15-7-5-6-14(10-15)12-30-26-17-11-16(22)19(23)25-20(17)24-18(26)13-29-8-9-31(2,3)4/h5-7,10-11H,8-9,12-13H2,1-4H3. The number of pyridine rings is 1. The zero-order valence-corrected chi connectivity index (χ0v) is 21.9. The molecule has 0 fully saturated rings. The van der Waals surface area contributed by atoms with Crippen LogP contribution in [0.3, 0.4) is 0 Å². The lowest BCUT2D eigenvalue weighted by molar-refractivity contribution is 0.0598. The van der Waals surface area contributed by atoms with E-state index in [0.717, 1.165) is 11.6 Å². The number of rotatable bonds is 9. The zero-order valence-electron chi connectivity index (χ0n) is 17.9. The number of imidazole rings is 1. The summed E-state index contributed by atoms with van der Waals surface area (Å²) in [5.74, 6) is 0.220. The second-order valence-electron chi connectivity index (χ2n) is 8.25. The summed E-state index contributed by atoms with van der Waals surface area (Å²) in [6, 6.07) is 9.96. The van der Waals surface area contributed by atoms with Gasteiger partial charge in [-0.05, 0) is 52.4 Å². The van der Waals surface area contributed by atoms with Crippen LogP contribution in [0.25, 0.3) is 11.2 Å². The molecule has 0 N–H and O–H groups in total. The van der Waals surface area contributed by atoms with Crippen molar-refractivity contribution in [3.63, 3.8) is 0 Å². The number of ether oxygens (including phenoxy) is 2.